The van der Waals surface area contributed by atoms with E-state index in [1.54, 1.807) is 0 Å². The summed E-state index contributed by atoms with van der Waals surface area (Å²) in [6.45, 7) is 4.83. The Kier molecular flexibility index (Phi) is 1.70. The predicted octanol–water partition coefficient (Wildman–Crippen LogP) is -0.543. The average Bonchev–Trinajstić information content (AvgIpc) is 1.27. The molecule has 0 bridgehead atoms. The van der Waals surface area contributed by atoms with Gasteiger partial charge in [0.1, 0.15) is 0 Å². The van der Waals surface area contributed by atoms with Crippen molar-refractivity contribution in [2.24, 2.45) is 0 Å². The summed E-state index contributed by atoms with van der Waals surface area (Å²) in [5.41, 5.74) is 0. The Bertz CT molecular complexity index is 198. The van der Waals surface area contributed by atoms with Crippen molar-refractivity contribution in [1.29, 1.82) is 3.37 Å². The van der Waals surface area contributed by atoms with Crippen LogP contribution in [0.4, 0.5) is 0 Å². The van der Waals surface area contributed by atoms with E-state index in [1.165, 1.54) is 0 Å². The minimum atomic E-state index is -4.06. The molecule has 0 saturated heterocycles. The molecule has 0 spiro atoms. The second-order valence-electron chi connectivity index (χ2n) is 0.300. The molecule has 0 nitrogen and oxygen atoms in total. The molecule has 0 amide bonds. The van der Waals surface area contributed by atoms with E-state index in [-0.39, 0.29) is 0 Å². The first-order valence-corrected chi connectivity index (χ1v) is 5.21. The molecule has 31 valence electrons. The van der Waals surface area contributed by atoms with Crippen LogP contribution in [0.5, 0.6) is 0 Å². The van der Waals surface area contributed by atoms with E-state index in [4.69, 9.17) is 10.1 Å². The van der Waals surface area contributed by atoms with Crippen molar-refractivity contribution >= 4 is 46.1 Å². The Balaban J connectivity index is 4.99. The van der Waals surface area contributed by atoms with E-state index in [1.807, 2.05) is 0 Å². The van der Waals surface area contributed by atoms with Gasteiger partial charge in [-0.3, -0.25) is 0 Å². The number of rotatable bonds is 1. The molecular weight excluding hydrogens is 139 g/mol. The van der Waals surface area contributed by atoms with Crippen molar-refractivity contribution in [2.45, 2.75) is 0 Å². The molecule has 0 N–H and O–H groups in total. The van der Waals surface area contributed by atoms with Gasteiger partial charge >= 0.3 is 49.4 Å². The molecule has 0 fully saturated rings. The van der Waals surface area contributed by atoms with E-state index in [0.29, 0.717) is 0 Å². The van der Waals surface area contributed by atoms with Gasteiger partial charge in [0.05, 0.1) is 0 Å². The van der Waals surface area contributed by atoms with Gasteiger partial charge in [-0.15, -0.1) is 0 Å². The first-order chi connectivity index (χ1) is 3.20. The summed E-state index contributed by atoms with van der Waals surface area (Å²) in [5, 5.41) is 0. The zero-order chi connectivity index (χ0) is 7.02. The van der Waals surface area contributed by atoms with E-state index in [2.05, 4.69) is 22.4 Å². The van der Waals surface area contributed by atoms with Gasteiger partial charge in [0.2, 0.25) is 0 Å². The molecule has 5 heteroatoms. The Labute approximate surface area is 49.7 Å². The first kappa shape index (κ1) is 2.50. The van der Waals surface area contributed by atoms with Crippen LogP contribution in [0.25, 0.3) is 0 Å². The van der Waals surface area contributed by atoms with Crippen LogP contribution in [0.2, 0.25) is 0 Å². The van der Waals surface area contributed by atoms with Gasteiger partial charge in [-0.1, -0.05) is 0 Å². The second kappa shape index (κ2) is 3.40. The fourth-order valence-corrected chi connectivity index (χ4v) is 0. The summed E-state index contributed by atoms with van der Waals surface area (Å²) < 4.78 is 20.3. The number of hydrogen-bond acceptors (Lipinski definition) is 3. The van der Waals surface area contributed by atoms with Gasteiger partial charge in [-0.05, 0) is 0 Å². The van der Waals surface area contributed by atoms with Crippen LogP contribution in [0, 0.1) is 0 Å². The zero-order valence-electron chi connectivity index (χ0n) is 5.21. The molecule has 0 saturated carbocycles. The molecule has 0 aliphatic rings. The summed E-state index contributed by atoms with van der Waals surface area (Å²) in [6.07, 6.45) is 0. The summed E-state index contributed by atoms with van der Waals surface area (Å²) in [6, 6.07) is 0. The fourth-order valence-electron chi connectivity index (χ4n) is 0. The summed E-state index contributed by atoms with van der Waals surface area (Å²) >= 11 is 8.67. The van der Waals surface area contributed by atoms with Crippen LogP contribution in [-0.2, 0) is 29.4 Å². The van der Waals surface area contributed by atoms with E-state index < -0.39 is 17.0 Å². The summed E-state index contributed by atoms with van der Waals surface area (Å²) in [4.78, 5) is 0. The van der Waals surface area contributed by atoms with Gasteiger partial charge in [-0.2, -0.15) is 0 Å². The number of hydrogen-bond donors (Lipinski definition) is 0. The molecule has 1 radical (unpaired) electrons. The maximum absolute atomic E-state index is 6.76. The van der Waals surface area contributed by atoms with Crippen molar-refractivity contribution < 1.29 is 0 Å². The zero-order valence-corrected chi connectivity index (χ0v) is 5.48. The molecule has 5 heavy (non-hydrogen) atoms. The van der Waals surface area contributed by atoms with Crippen molar-refractivity contribution in [2.75, 3.05) is 0 Å². The standard InChI is InChI=1S/BH3S4/c1-4-5(2)3/h4H3/q-1/i4T3. The van der Waals surface area contributed by atoms with Gasteiger partial charge in [-0.25, -0.2) is 0 Å². The van der Waals surface area contributed by atoms with Gasteiger partial charge < -0.3 is 0 Å². The van der Waals surface area contributed by atoms with Crippen LogP contribution in [0.15, 0.2) is 0 Å². The molecule has 0 aromatic rings. The average molecular weight is 148 g/mol. The molecule has 0 aliphatic carbocycles. The molecule has 0 rings (SSSR count). The van der Waals surface area contributed by atoms with E-state index in [0.717, 1.165) is 0 Å². The van der Waals surface area contributed by atoms with Crippen LogP contribution in [0.3, 0.4) is 0 Å². The van der Waals surface area contributed by atoms with Crippen LogP contribution >= 0.6 is 9.93 Å². The van der Waals surface area contributed by atoms with Gasteiger partial charge in [0, 0.05) is 0 Å². The Morgan fingerprint density at radius 1 is 2.00 bits per heavy atom. The van der Waals surface area contributed by atoms with Crippen molar-refractivity contribution in [3.8, 4) is 0 Å². The molecule has 0 aromatic heterocycles. The van der Waals surface area contributed by atoms with Crippen LogP contribution in [0.1, 0.15) is 0 Å². The summed E-state index contributed by atoms with van der Waals surface area (Å²) in [5.74, 6) is 0. The Hall–Kier alpha value is 1.20. The maximum atomic E-state index is 6.76. The van der Waals surface area contributed by atoms with Crippen LogP contribution < -0.4 is 0 Å². The normalized spacial score (nSPS) is 28.8. The van der Waals surface area contributed by atoms with Gasteiger partial charge in [0.15, 0.2) is 0 Å². The van der Waals surface area contributed by atoms with Crippen molar-refractivity contribution in [3.63, 3.8) is 0 Å². The van der Waals surface area contributed by atoms with Gasteiger partial charge in [0.25, 0.3) is 0 Å². The van der Waals surface area contributed by atoms with Crippen LogP contribution in [-0.4, -0.2) is 10.1 Å². The molecule has 0 atom stereocenters. The predicted molar refractivity (Wildman–Crippen MR) is 39.6 cm³/mol. The topological polar surface area (TPSA) is 0 Å². The summed E-state index contributed by atoms with van der Waals surface area (Å²) in [7, 11) is -5.50. The third kappa shape index (κ3) is 5.20. The Morgan fingerprint density at radius 2 is 2.20 bits per heavy atom. The quantitative estimate of drug-likeness (QED) is 0.278. The third-order valence-electron chi connectivity index (χ3n) is 0.0786. The third-order valence-corrected chi connectivity index (χ3v) is 2.12. The molecule has 0 aromatic carbocycles. The fraction of sp³-hybridized carbons (Fsp3) is 0. The SMILES string of the molecule is [3H]S([3H])([3H])(=[B])[S-](=S)=S. The van der Waals surface area contributed by atoms with Crippen molar-refractivity contribution in [3.05, 3.63) is 0 Å². The monoisotopic (exact) mass is 148 g/mol. The first-order valence-electron chi connectivity index (χ1n) is 1.96. The Morgan fingerprint density at radius 3 is 2.20 bits per heavy atom. The molecule has 0 unspecified atom stereocenters. The second-order valence-corrected chi connectivity index (χ2v) is 6.38. The molecule has 0 aliphatic heterocycles. The van der Waals surface area contributed by atoms with E-state index >= 15 is 0 Å². The molecular formula is H3BS4-. The minimum absolute atomic E-state index is 1.45. The van der Waals surface area contributed by atoms with Crippen molar-refractivity contribution in [1.82, 2.24) is 0 Å². The molecule has 0 heterocycles. The van der Waals surface area contributed by atoms with E-state index in [9.17, 15) is 0 Å².